The van der Waals surface area contributed by atoms with Gasteiger partial charge in [0.2, 0.25) is 0 Å². The zero-order chi connectivity index (χ0) is 25.0. The van der Waals surface area contributed by atoms with Gasteiger partial charge in [0, 0.05) is 11.6 Å². The summed E-state index contributed by atoms with van der Waals surface area (Å²) >= 11 is 0. The summed E-state index contributed by atoms with van der Waals surface area (Å²) in [7, 11) is 0. The Bertz CT molecular complexity index is 862. The molecule has 35 heavy (non-hydrogen) atoms. The smallest absolute Gasteiger partial charge is 0.128 e. The van der Waals surface area contributed by atoms with Crippen LogP contribution in [0.3, 0.4) is 0 Å². The van der Waals surface area contributed by atoms with Crippen molar-refractivity contribution < 1.29 is 14.6 Å². The second kappa shape index (κ2) is 18.5. The monoisotopic (exact) mass is 480 g/mol. The Morgan fingerprint density at radius 3 is 1.74 bits per heavy atom. The Hall–Kier alpha value is -2.82. The maximum Gasteiger partial charge on any atom is 0.128 e. The van der Waals surface area contributed by atoms with E-state index in [2.05, 4.69) is 24.1 Å². The SMILES string of the molecule is CCCCCCCCOc1ccc(/C=N/N=C/c2ccc(OCCCCCCCC)cc2O)cc1. The van der Waals surface area contributed by atoms with Gasteiger partial charge in [-0.25, -0.2) is 0 Å². The molecule has 0 radical (unpaired) electrons. The standard InChI is InChI=1S/C30H44N2O3/c1-3-5-7-9-11-13-21-34-28-18-15-26(16-19-28)24-31-32-25-27-17-20-29(23-30(27)33)35-22-14-12-10-8-6-4-2/h15-20,23-25,33H,3-14,21-22H2,1-2H3/b31-24+,32-25+. The van der Waals surface area contributed by atoms with E-state index in [0.717, 1.165) is 30.8 Å². The lowest BCUT2D eigenvalue weighted by atomic mass is 10.1. The van der Waals surface area contributed by atoms with Crippen molar-refractivity contribution in [1.29, 1.82) is 0 Å². The number of hydrogen-bond donors (Lipinski definition) is 1. The van der Waals surface area contributed by atoms with Gasteiger partial charge in [0.25, 0.3) is 0 Å². The van der Waals surface area contributed by atoms with Crippen LogP contribution >= 0.6 is 0 Å². The number of benzene rings is 2. The maximum atomic E-state index is 10.2. The lowest BCUT2D eigenvalue weighted by Crippen LogP contribution is -1.97. The number of rotatable bonds is 19. The van der Waals surface area contributed by atoms with E-state index in [1.165, 1.54) is 64.2 Å². The molecule has 0 fully saturated rings. The van der Waals surface area contributed by atoms with E-state index in [-0.39, 0.29) is 5.75 Å². The van der Waals surface area contributed by atoms with Crippen LogP contribution < -0.4 is 9.47 Å². The number of unbranched alkanes of at least 4 members (excludes halogenated alkanes) is 10. The summed E-state index contributed by atoms with van der Waals surface area (Å²) < 4.78 is 11.6. The lowest BCUT2D eigenvalue weighted by Gasteiger charge is -2.07. The molecule has 0 aliphatic rings. The molecule has 1 N–H and O–H groups in total. The Balaban J connectivity index is 1.68. The first kappa shape index (κ1) is 28.4. The van der Waals surface area contributed by atoms with Crippen molar-refractivity contribution in [3.05, 3.63) is 53.6 Å². The molecule has 2 aromatic carbocycles. The van der Waals surface area contributed by atoms with Gasteiger partial charge in [-0.05, 0) is 54.8 Å². The van der Waals surface area contributed by atoms with Gasteiger partial charge < -0.3 is 14.6 Å². The van der Waals surface area contributed by atoms with Gasteiger partial charge in [-0.1, -0.05) is 78.1 Å². The maximum absolute atomic E-state index is 10.2. The molecule has 0 aliphatic carbocycles. The number of hydrogen-bond acceptors (Lipinski definition) is 5. The summed E-state index contributed by atoms with van der Waals surface area (Å²) in [5.41, 5.74) is 1.55. The molecule has 0 bridgehead atoms. The topological polar surface area (TPSA) is 63.4 Å². The van der Waals surface area contributed by atoms with Crippen molar-refractivity contribution in [2.75, 3.05) is 13.2 Å². The van der Waals surface area contributed by atoms with Crippen molar-refractivity contribution in [3.8, 4) is 17.2 Å². The Morgan fingerprint density at radius 2 is 1.14 bits per heavy atom. The molecule has 0 heterocycles. The highest BCUT2D eigenvalue weighted by molar-refractivity contribution is 5.85. The van der Waals surface area contributed by atoms with Crippen LogP contribution in [-0.2, 0) is 0 Å². The highest BCUT2D eigenvalue weighted by Gasteiger charge is 2.02. The summed E-state index contributed by atoms with van der Waals surface area (Å²) in [6, 6.07) is 13.1. The molecule has 0 spiro atoms. The summed E-state index contributed by atoms with van der Waals surface area (Å²) in [6.07, 6.45) is 18.1. The fourth-order valence-electron chi connectivity index (χ4n) is 3.71. The van der Waals surface area contributed by atoms with Gasteiger partial charge in [0.1, 0.15) is 17.2 Å². The fraction of sp³-hybridized carbons (Fsp3) is 0.533. The Morgan fingerprint density at radius 1 is 0.629 bits per heavy atom. The van der Waals surface area contributed by atoms with Crippen molar-refractivity contribution in [2.45, 2.75) is 90.9 Å². The summed E-state index contributed by atoms with van der Waals surface area (Å²) in [6.45, 7) is 5.89. The fourth-order valence-corrected chi connectivity index (χ4v) is 3.71. The van der Waals surface area contributed by atoms with Gasteiger partial charge in [-0.3, -0.25) is 0 Å². The van der Waals surface area contributed by atoms with Crippen LogP contribution in [0.4, 0.5) is 0 Å². The quantitative estimate of drug-likeness (QED) is 0.125. The minimum Gasteiger partial charge on any atom is -0.507 e. The second-order valence-electron chi connectivity index (χ2n) is 9.01. The molecule has 0 saturated heterocycles. The molecule has 2 aromatic rings. The normalized spacial score (nSPS) is 11.5. The molecular weight excluding hydrogens is 436 g/mol. The van der Waals surface area contributed by atoms with Crippen LogP contribution in [0.5, 0.6) is 17.2 Å². The molecule has 0 saturated carbocycles. The average Bonchev–Trinajstić information content (AvgIpc) is 2.87. The van der Waals surface area contributed by atoms with Crippen LogP contribution in [0.1, 0.15) is 102 Å². The zero-order valence-corrected chi connectivity index (χ0v) is 21.8. The lowest BCUT2D eigenvalue weighted by molar-refractivity contribution is 0.302. The van der Waals surface area contributed by atoms with E-state index in [4.69, 9.17) is 9.47 Å². The van der Waals surface area contributed by atoms with E-state index in [1.807, 2.05) is 30.3 Å². The van der Waals surface area contributed by atoms with Crippen molar-refractivity contribution in [2.24, 2.45) is 10.2 Å². The third kappa shape index (κ3) is 13.0. The minimum atomic E-state index is 0.135. The first-order chi connectivity index (χ1) is 17.2. The van der Waals surface area contributed by atoms with Crippen molar-refractivity contribution in [3.63, 3.8) is 0 Å². The third-order valence-corrected chi connectivity index (χ3v) is 5.89. The first-order valence-corrected chi connectivity index (χ1v) is 13.5. The predicted molar refractivity (Wildman–Crippen MR) is 147 cm³/mol. The van der Waals surface area contributed by atoms with Gasteiger partial charge in [-0.2, -0.15) is 10.2 Å². The largest absolute Gasteiger partial charge is 0.507 e. The third-order valence-electron chi connectivity index (χ3n) is 5.89. The van der Waals surface area contributed by atoms with Crippen LogP contribution in [0.2, 0.25) is 0 Å². The highest BCUT2D eigenvalue weighted by Crippen LogP contribution is 2.23. The van der Waals surface area contributed by atoms with E-state index in [1.54, 1.807) is 24.6 Å². The van der Waals surface area contributed by atoms with Crippen molar-refractivity contribution in [1.82, 2.24) is 0 Å². The number of nitrogens with zero attached hydrogens (tertiary/aromatic N) is 2. The van der Waals surface area contributed by atoms with Crippen LogP contribution in [0.25, 0.3) is 0 Å². The molecule has 5 nitrogen and oxygen atoms in total. The zero-order valence-electron chi connectivity index (χ0n) is 21.8. The van der Waals surface area contributed by atoms with E-state index in [0.29, 0.717) is 17.9 Å². The minimum absolute atomic E-state index is 0.135. The van der Waals surface area contributed by atoms with Crippen molar-refractivity contribution >= 4 is 12.4 Å². The van der Waals surface area contributed by atoms with E-state index in [9.17, 15) is 5.11 Å². The van der Waals surface area contributed by atoms with Crippen LogP contribution in [0, 0.1) is 0 Å². The van der Waals surface area contributed by atoms with Gasteiger partial charge in [0.05, 0.1) is 25.6 Å². The van der Waals surface area contributed by atoms with Gasteiger partial charge in [0.15, 0.2) is 0 Å². The molecule has 0 aromatic heterocycles. The van der Waals surface area contributed by atoms with Gasteiger partial charge >= 0.3 is 0 Å². The molecule has 0 unspecified atom stereocenters. The molecule has 0 amide bonds. The predicted octanol–water partition coefficient (Wildman–Crippen LogP) is 8.32. The molecular formula is C30H44N2O3. The molecule has 2 rings (SSSR count). The number of phenols is 1. The van der Waals surface area contributed by atoms with Crippen LogP contribution in [0.15, 0.2) is 52.7 Å². The van der Waals surface area contributed by atoms with Gasteiger partial charge in [-0.15, -0.1) is 0 Å². The summed E-state index contributed by atoms with van der Waals surface area (Å²) in [5.74, 6) is 1.69. The first-order valence-electron chi connectivity index (χ1n) is 13.5. The Labute approximate surface area is 212 Å². The number of phenolic OH excluding ortho intramolecular Hbond substituents is 1. The van der Waals surface area contributed by atoms with E-state index < -0.39 is 0 Å². The number of ether oxygens (including phenoxy) is 2. The molecule has 0 atom stereocenters. The molecule has 5 heteroatoms. The average molecular weight is 481 g/mol. The molecule has 192 valence electrons. The summed E-state index contributed by atoms with van der Waals surface area (Å²) in [5, 5.41) is 18.4. The Kier molecular flexibility index (Phi) is 15.0. The second-order valence-corrected chi connectivity index (χ2v) is 9.01. The molecule has 0 aliphatic heterocycles. The summed E-state index contributed by atoms with van der Waals surface area (Å²) in [4.78, 5) is 0. The highest BCUT2D eigenvalue weighted by atomic mass is 16.5. The number of aromatic hydroxyl groups is 1. The van der Waals surface area contributed by atoms with Crippen LogP contribution in [-0.4, -0.2) is 30.7 Å². The van der Waals surface area contributed by atoms with E-state index >= 15 is 0 Å².